The fourth-order valence-electron chi connectivity index (χ4n) is 3.54. The first-order chi connectivity index (χ1) is 15.9. The molecule has 5 atom stereocenters. The molecule has 7 N–H and O–H groups in total. The molecule has 182 valence electrons. The molecule has 0 radical (unpaired) electrons. The molecule has 1 fully saturated rings. The molecule has 1 aromatic carbocycles. The number of carbonyl (C=O) groups excluding carboxylic acids is 1. The zero-order valence-corrected chi connectivity index (χ0v) is 17.7. The quantitative estimate of drug-likeness (QED) is 0.255. The number of nitrogens with two attached hydrogens (primary N) is 2. The highest BCUT2D eigenvalue weighted by molar-refractivity contribution is 7.93. The molecule has 0 saturated carbocycles. The number of sulfone groups is 1. The van der Waals surface area contributed by atoms with E-state index in [4.69, 9.17) is 16.2 Å². The number of para-hydroxylation sites is 1. The molecule has 0 spiro atoms. The van der Waals surface area contributed by atoms with Gasteiger partial charge in [0.1, 0.15) is 41.3 Å². The van der Waals surface area contributed by atoms with Gasteiger partial charge in [0.05, 0.1) is 11.9 Å². The average molecular weight is 500 g/mol. The summed E-state index contributed by atoms with van der Waals surface area (Å²) in [7, 11) is -5.87. The number of Topliss-reactive ketones (excluding diaryl/α,β-unsaturated/α-hetero) is 1. The van der Waals surface area contributed by atoms with E-state index >= 15 is 0 Å². The predicted octanol–water partition coefficient (Wildman–Crippen LogP) is -1.09. The molecule has 4 rings (SSSR count). The summed E-state index contributed by atoms with van der Waals surface area (Å²) in [5.41, 5.74) is 10.4. The van der Waals surface area contributed by atoms with Crippen LogP contribution in [0.2, 0.25) is 0 Å². The third-order valence-corrected chi connectivity index (χ3v) is 7.27. The van der Waals surface area contributed by atoms with Crippen molar-refractivity contribution in [2.75, 3.05) is 5.73 Å². The van der Waals surface area contributed by atoms with Crippen molar-refractivity contribution in [3.05, 3.63) is 42.5 Å². The van der Waals surface area contributed by atoms with Crippen LogP contribution in [0.1, 0.15) is 16.6 Å². The van der Waals surface area contributed by atoms with Gasteiger partial charge in [-0.1, -0.05) is 12.1 Å². The molecule has 0 amide bonds. The number of anilines is 1. The maximum atomic E-state index is 14.8. The number of phenols is 1. The molecule has 16 heteroatoms. The van der Waals surface area contributed by atoms with E-state index in [9.17, 15) is 37.3 Å². The van der Waals surface area contributed by atoms with Gasteiger partial charge in [0.25, 0.3) is 5.78 Å². The Labute approximate surface area is 189 Å². The molecular formula is C18H18F2N6O7S. The van der Waals surface area contributed by atoms with Crippen molar-refractivity contribution in [1.29, 1.82) is 0 Å². The normalized spacial score (nSPS) is 24.4. The van der Waals surface area contributed by atoms with Gasteiger partial charge < -0.3 is 31.5 Å². The van der Waals surface area contributed by atoms with E-state index in [0.29, 0.717) is 0 Å². The standard InChI is InChI=1S/C18H18F2N6O7S/c19-18(20,13(30)7-3-1-2-4-8(7)27)34(31,32)15(22)12-10(28)11(29)17(33-12)26-6-25-9-14(21)23-5-24-16(9)26/h1-6,10-12,15,17,27-29H,22H2,(H2,21,23,24)/t10?,11?,12-,15?,17+/m0/s1. The Morgan fingerprint density at radius 2 is 1.85 bits per heavy atom. The van der Waals surface area contributed by atoms with Crippen molar-refractivity contribution in [3.8, 4) is 5.75 Å². The number of nitrogens with zero attached hydrogens (tertiary/aromatic N) is 4. The van der Waals surface area contributed by atoms with Crippen molar-refractivity contribution in [2.24, 2.45) is 5.73 Å². The van der Waals surface area contributed by atoms with Crippen LogP contribution in [-0.4, -0.2) is 78.0 Å². The summed E-state index contributed by atoms with van der Waals surface area (Å²) in [6.07, 6.45) is -5.33. The van der Waals surface area contributed by atoms with Gasteiger partial charge in [-0.25, -0.2) is 23.4 Å². The number of ketones is 1. The minimum atomic E-state index is -5.87. The Bertz CT molecular complexity index is 1370. The summed E-state index contributed by atoms with van der Waals surface area (Å²) >= 11 is 0. The Kier molecular flexibility index (Phi) is 5.73. The zero-order valence-electron chi connectivity index (χ0n) is 16.9. The smallest absolute Gasteiger partial charge is 0.408 e. The number of hydrogen-bond donors (Lipinski definition) is 5. The second-order valence-electron chi connectivity index (χ2n) is 7.43. The number of aromatic nitrogens is 4. The molecule has 1 aliphatic rings. The maximum absolute atomic E-state index is 14.8. The molecule has 3 heterocycles. The van der Waals surface area contributed by atoms with Crippen molar-refractivity contribution in [1.82, 2.24) is 19.5 Å². The van der Waals surface area contributed by atoms with E-state index in [1.54, 1.807) is 0 Å². The number of hydrogen-bond acceptors (Lipinski definition) is 12. The highest BCUT2D eigenvalue weighted by Gasteiger charge is 2.60. The number of benzene rings is 1. The van der Waals surface area contributed by atoms with Crippen LogP contribution in [0, 0.1) is 0 Å². The van der Waals surface area contributed by atoms with Crippen molar-refractivity contribution >= 4 is 32.6 Å². The van der Waals surface area contributed by atoms with Gasteiger partial charge in [0, 0.05) is 0 Å². The van der Waals surface area contributed by atoms with E-state index in [0.717, 1.165) is 35.4 Å². The SMILES string of the molecule is Nc1ncnc2c1ncn2[C@@H]1O[C@H](C(N)S(=O)(=O)C(F)(F)C(=O)c2ccccc2O)C(O)C1O. The number of aliphatic hydroxyl groups excluding tert-OH is 2. The first kappa shape index (κ1) is 23.8. The van der Waals surface area contributed by atoms with Gasteiger partial charge in [-0.3, -0.25) is 9.36 Å². The maximum Gasteiger partial charge on any atom is 0.408 e. The summed E-state index contributed by atoms with van der Waals surface area (Å²) < 4.78 is 61.4. The highest BCUT2D eigenvalue weighted by Crippen LogP contribution is 2.38. The molecule has 3 aromatic rings. The van der Waals surface area contributed by atoms with Crippen molar-refractivity contribution in [3.63, 3.8) is 0 Å². The van der Waals surface area contributed by atoms with Crippen molar-refractivity contribution < 1.29 is 42.0 Å². The number of ether oxygens (including phenoxy) is 1. The van der Waals surface area contributed by atoms with E-state index < -0.39 is 62.1 Å². The molecule has 2 aromatic heterocycles. The highest BCUT2D eigenvalue weighted by atomic mass is 32.2. The zero-order chi connectivity index (χ0) is 25.0. The van der Waals surface area contributed by atoms with Gasteiger partial charge in [-0.2, -0.15) is 8.78 Å². The lowest BCUT2D eigenvalue weighted by atomic mass is 10.1. The van der Waals surface area contributed by atoms with Gasteiger partial charge in [0.15, 0.2) is 17.7 Å². The van der Waals surface area contributed by atoms with Gasteiger partial charge in [0.2, 0.25) is 9.84 Å². The fraction of sp³-hybridized carbons (Fsp3) is 0.333. The molecule has 1 saturated heterocycles. The number of alkyl halides is 2. The van der Waals surface area contributed by atoms with Crippen LogP contribution in [-0.2, 0) is 14.6 Å². The number of aromatic hydroxyl groups is 1. The number of aliphatic hydroxyl groups is 2. The number of rotatable bonds is 6. The summed E-state index contributed by atoms with van der Waals surface area (Å²) in [6, 6.07) is 4.12. The van der Waals surface area contributed by atoms with E-state index in [2.05, 4.69) is 15.0 Å². The van der Waals surface area contributed by atoms with Gasteiger partial charge >= 0.3 is 5.25 Å². The lowest BCUT2D eigenvalue weighted by Gasteiger charge is -2.26. The number of carbonyl (C=O) groups is 1. The largest absolute Gasteiger partial charge is 0.507 e. The number of imidazole rings is 1. The molecule has 0 bridgehead atoms. The lowest BCUT2D eigenvalue weighted by Crippen LogP contribution is -2.55. The first-order valence-corrected chi connectivity index (χ1v) is 11.1. The minimum absolute atomic E-state index is 0.0186. The third-order valence-electron chi connectivity index (χ3n) is 5.39. The third kappa shape index (κ3) is 3.46. The van der Waals surface area contributed by atoms with Crippen LogP contribution in [0.3, 0.4) is 0 Å². The number of halogens is 2. The Morgan fingerprint density at radius 1 is 1.18 bits per heavy atom. The van der Waals surface area contributed by atoms with Crippen LogP contribution < -0.4 is 11.5 Å². The number of nitrogen functional groups attached to an aromatic ring is 1. The van der Waals surface area contributed by atoms with Gasteiger partial charge in [-0.05, 0) is 12.1 Å². The molecule has 0 aliphatic carbocycles. The van der Waals surface area contributed by atoms with Crippen LogP contribution in [0.25, 0.3) is 11.2 Å². The summed E-state index contributed by atoms with van der Waals surface area (Å²) in [5, 5.41) is 22.7. The lowest BCUT2D eigenvalue weighted by molar-refractivity contribution is -0.0361. The topological polar surface area (TPSA) is 217 Å². The van der Waals surface area contributed by atoms with Crippen molar-refractivity contribution in [2.45, 2.75) is 35.2 Å². The molecule has 13 nitrogen and oxygen atoms in total. The Hall–Kier alpha value is -3.31. The summed E-state index contributed by atoms with van der Waals surface area (Å²) in [6.45, 7) is 0. The van der Waals surface area contributed by atoms with Crippen LogP contribution in [0.15, 0.2) is 36.9 Å². The summed E-state index contributed by atoms with van der Waals surface area (Å²) in [4.78, 5) is 23.9. The minimum Gasteiger partial charge on any atom is -0.507 e. The molecule has 34 heavy (non-hydrogen) atoms. The fourth-order valence-corrected chi connectivity index (χ4v) is 4.83. The monoisotopic (exact) mass is 500 g/mol. The van der Waals surface area contributed by atoms with Gasteiger partial charge in [-0.15, -0.1) is 0 Å². The summed E-state index contributed by atoms with van der Waals surface area (Å²) in [5.74, 6) is -3.11. The van der Waals surface area contributed by atoms with E-state index in [1.165, 1.54) is 6.07 Å². The van der Waals surface area contributed by atoms with Crippen LogP contribution in [0.5, 0.6) is 5.75 Å². The molecule has 1 aliphatic heterocycles. The van der Waals surface area contributed by atoms with E-state index in [-0.39, 0.29) is 17.0 Å². The number of phenolic OH excluding ortho intramolecular Hbond substituents is 1. The molecular weight excluding hydrogens is 482 g/mol. The molecule has 3 unspecified atom stereocenters. The Balaban J connectivity index is 1.65. The van der Waals surface area contributed by atoms with Crippen LogP contribution in [0.4, 0.5) is 14.6 Å². The second-order valence-corrected chi connectivity index (χ2v) is 9.58. The predicted molar refractivity (Wildman–Crippen MR) is 110 cm³/mol. The Morgan fingerprint density at radius 3 is 2.53 bits per heavy atom. The van der Waals surface area contributed by atoms with E-state index in [1.807, 2.05) is 0 Å². The van der Waals surface area contributed by atoms with Crippen LogP contribution >= 0.6 is 0 Å². The average Bonchev–Trinajstić information content (AvgIpc) is 3.35. The first-order valence-electron chi connectivity index (χ1n) is 9.53. The second kappa shape index (κ2) is 8.17. The number of fused-ring (bicyclic) bond motifs is 1.